The highest BCUT2D eigenvalue weighted by Crippen LogP contribution is 2.31. The second kappa shape index (κ2) is 6.84. The van der Waals surface area contributed by atoms with Crippen LogP contribution in [-0.4, -0.2) is 29.4 Å². The van der Waals surface area contributed by atoms with E-state index in [0.717, 1.165) is 23.2 Å². The number of nitrogens with zero attached hydrogens (tertiary/aromatic N) is 1. The van der Waals surface area contributed by atoms with Gasteiger partial charge in [-0.3, -0.25) is 9.69 Å². The van der Waals surface area contributed by atoms with Crippen molar-refractivity contribution in [3.8, 4) is 0 Å². The van der Waals surface area contributed by atoms with Crippen LogP contribution in [0.25, 0.3) is 0 Å². The molecule has 0 saturated carbocycles. The number of aryl methyl sites for hydroxylation is 3. The molecule has 2 bridgehead atoms. The van der Waals surface area contributed by atoms with Crippen molar-refractivity contribution < 1.29 is 4.79 Å². The molecule has 2 atom stereocenters. The number of nitrogens with one attached hydrogen (secondary N) is 1. The Morgan fingerprint density at radius 3 is 2.55 bits per heavy atom. The Bertz CT molecular complexity index is 574. The smallest absolute Gasteiger partial charge is 0.238 e. The van der Waals surface area contributed by atoms with Gasteiger partial charge >= 0.3 is 0 Å². The average Bonchev–Trinajstić information content (AvgIpc) is 2.64. The standard InChI is InChI=1S/C18H24N2O.ClH/c1-12-9-13(2)18(14(3)10-12)19-17(21)11-20-15-5-4-6-16(20)8-7-15;/h4-5,9-10,15-16H,6-8,11H2,1-3H3,(H,19,21);1H. The minimum atomic E-state index is 0. The maximum absolute atomic E-state index is 12.4. The summed E-state index contributed by atoms with van der Waals surface area (Å²) in [6.45, 7) is 6.71. The van der Waals surface area contributed by atoms with Gasteiger partial charge in [0.25, 0.3) is 0 Å². The van der Waals surface area contributed by atoms with Crippen LogP contribution in [0.2, 0.25) is 0 Å². The van der Waals surface area contributed by atoms with Gasteiger partial charge in [0, 0.05) is 17.8 Å². The van der Waals surface area contributed by atoms with E-state index in [0.29, 0.717) is 18.6 Å². The first kappa shape index (κ1) is 17.0. The van der Waals surface area contributed by atoms with Gasteiger partial charge in [-0.25, -0.2) is 0 Å². The van der Waals surface area contributed by atoms with E-state index in [1.807, 2.05) is 0 Å². The summed E-state index contributed by atoms with van der Waals surface area (Å²) in [7, 11) is 0. The van der Waals surface area contributed by atoms with Crippen molar-refractivity contribution >= 4 is 24.0 Å². The summed E-state index contributed by atoms with van der Waals surface area (Å²) in [6, 6.07) is 5.27. The predicted octanol–water partition coefficient (Wildman–Crippen LogP) is 3.77. The first-order valence-corrected chi connectivity index (χ1v) is 7.84. The first-order valence-electron chi connectivity index (χ1n) is 7.84. The van der Waals surface area contributed by atoms with Gasteiger partial charge in [-0.2, -0.15) is 0 Å². The molecule has 2 aliphatic heterocycles. The number of carbonyl (C=O) groups excluding carboxylic acids is 1. The number of fused-ring (bicyclic) bond motifs is 2. The third-order valence-electron chi connectivity index (χ3n) is 4.72. The molecule has 2 aliphatic rings. The normalized spacial score (nSPS) is 23.2. The van der Waals surface area contributed by atoms with Crippen molar-refractivity contribution in [2.45, 2.75) is 52.1 Å². The third-order valence-corrected chi connectivity index (χ3v) is 4.72. The van der Waals surface area contributed by atoms with Crippen LogP contribution in [0.5, 0.6) is 0 Å². The summed E-state index contributed by atoms with van der Waals surface area (Å²) in [4.78, 5) is 14.8. The first-order chi connectivity index (χ1) is 10.0. The summed E-state index contributed by atoms with van der Waals surface area (Å²) < 4.78 is 0. The Hall–Kier alpha value is -1.32. The van der Waals surface area contributed by atoms with Crippen molar-refractivity contribution in [1.29, 1.82) is 0 Å². The topological polar surface area (TPSA) is 32.3 Å². The van der Waals surface area contributed by atoms with Crippen molar-refractivity contribution in [1.82, 2.24) is 4.90 Å². The van der Waals surface area contributed by atoms with E-state index >= 15 is 0 Å². The van der Waals surface area contributed by atoms with Crippen LogP contribution in [0.1, 0.15) is 36.0 Å². The molecule has 3 nitrogen and oxygen atoms in total. The highest BCUT2D eigenvalue weighted by atomic mass is 35.5. The van der Waals surface area contributed by atoms with E-state index in [9.17, 15) is 4.79 Å². The van der Waals surface area contributed by atoms with E-state index in [1.54, 1.807) is 0 Å². The molecule has 0 aliphatic carbocycles. The fourth-order valence-electron chi connectivity index (χ4n) is 3.79. The highest BCUT2D eigenvalue weighted by molar-refractivity contribution is 5.94. The Morgan fingerprint density at radius 1 is 1.23 bits per heavy atom. The van der Waals surface area contributed by atoms with Gasteiger partial charge in [0.05, 0.1) is 6.54 Å². The molecule has 1 aromatic rings. The van der Waals surface area contributed by atoms with Crippen LogP contribution in [-0.2, 0) is 4.79 Å². The zero-order valence-electron chi connectivity index (χ0n) is 13.6. The monoisotopic (exact) mass is 320 g/mol. The van der Waals surface area contributed by atoms with E-state index in [4.69, 9.17) is 0 Å². The van der Waals surface area contributed by atoms with Crippen molar-refractivity contribution in [3.05, 3.63) is 41.0 Å². The van der Waals surface area contributed by atoms with Crippen molar-refractivity contribution in [3.63, 3.8) is 0 Å². The summed E-state index contributed by atoms with van der Waals surface area (Å²) in [5, 5.41) is 3.12. The third kappa shape index (κ3) is 3.36. The van der Waals surface area contributed by atoms with E-state index < -0.39 is 0 Å². The lowest BCUT2D eigenvalue weighted by atomic mass is 10.0. The number of benzene rings is 1. The number of amides is 1. The minimum absolute atomic E-state index is 0. The average molecular weight is 321 g/mol. The molecular weight excluding hydrogens is 296 g/mol. The van der Waals surface area contributed by atoms with E-state index in [2.05, 4.69) is 55.3 Å². The molecule has 1 N–H and O–H groups in total. The summed E-state index contributed by atoms with van der Waals surface area (Å²) >= 11 is 0. The molecule has 120 valence electrons. The number of anilines is 1. The largest absolute Gasteiger partial charge is 0.324 e. The van der Waals surface area contributed by atoms with E-state index in [1.165, 1.54) is 18.4 Å². The molecule has 4 heteroatoms. The maximum atomic E-state index is 12.4. The molecule has 1 fully saturated rings. The van der Waals surface area contributed by atoms with Crippen molar-refractivity contribution in [2.24, 2.45) is 0 Å². The zero-order valence-corrected chi connectivity index (χ0v) is 14.4. The second-order valence-corrected chi connectivity index (χ2v) is 6.46. The number of hydrogen-bond acceptors (Lipinski definition) is 2. The lowest BCUT2D eigenvalue weighted by Crippen LogP contribution is -2.42. The van der Waals surface area contributed by atoms with Gasteiger partial charge in [0.15, 0.2) is 0 Å². The Balaban J connectivity index is 0.00000176. The lowest BCUT2D eigenvalue weighted by Gasteiger charge is -2.30. The number of carbonyl (C=O) groups is 1. The fraction of sp³-hybridized carbons (Fsp3) is 0.500. The highest BCUT2D eigenvalue weighted by Gasteiger charge is 2.34. The molecule has 0 aromatic heterocycles. The van der Waals surface area contributed by atoms with E-state index in [-0.39, 0.29) is 18.3 Å². The van der Waals surface area contributed by atoms with Gasteiger partial charge in [-0.05, 0) is 51.2 Å². The fourth-order valence-corrected chi connectivity index (χ4v) is 3.79. The summed E-state index contributed by atoms with van der Waals surface area (Å²) in [5.74, 6) is 0.109. The zero-order chi connectivity index (χ0) is 15.0. The molecule has 22 heavy (non-hydrogen) atoms. The Labute approximate surface area is 139 Å². The summed E-state index contributed by atoms with van der Waals surface area (Å²) in [5.41, 5.74) is 4.50. The van der Waals surface area contributed by atoms with Crippen LogP contribution < -0.4 is 5.32 Å². The van der Waals surface area contributed by atoms with Crippen LogP contribution in [0.3, 0.4) is 0 Å². The quantitative estimate of drug-likeness (QED) is 0.860. The van der Waals surface area contributed by atoms with Crippen LogP contribution in [0.15, 0.2) is 24.3 Å². The van der Waals surface area contributed by atoms with Crippen LogP contribution >= 0.6 is 12.4 Å². The molecule has 1 aromatic carbocycles. The molecule has 1 amide bonds. The molecule has 3 rings (SSSR count). The molecule has 2 heterocycles. The minimum Gasteiger partial charge on any atom is -0.324 e. The molecule has 0 radical (unpaired) electrons. The Kier molecular flexibility index (Phi) is 5.30. The SMILES string of the molecule is Cc1cc(C)c(NC(=O)CN2C3C=CCC2CC3)c(C)c1.Cl. The molecule has 1 saturated heterocycles. The van der Waals surface area contributed by atoms with Gasteiger partial charge in [-0.1, -0.05) is 29.8 Å². The second-order valence-electron chi connectivity index (χ2n) is 6.46. The van der Waals surface area contributed by atoms with Gasteiger partial charge < -0.3 is 5.32 Å². The Morgan fingerprint density at radius 2 is 1.91 bits per heavy atom. The molecular formula is C18H25ClN2O. The van der Waals surface area contributed by atoms with Crippen LogP contribution in [0.4, 0.5) is 5.69 Å². The van der Waals surface area contributed by atoms with Crippen molar-refractivity contribution in [2.75, 3.05) is 11.9 Å². The van der Waals surface area contributed by atoms with Gasteiger partial charge in [-0.15, -0.1) is 12.4 Å². The lowest BCUT2D eigenvalue weighted by molar-refractivity contribution is -0.117. The predicted molar refractivity (Wildman–Crippen MR) is 93.8 cm³/mol. The number of rotatable bonds is 3. The van der Waals surface area contributed by atoms with Gasteiger partial charge in [0.2, 0.25) is 5.91 Å². The molecule has 0 spiro atoms. The van der Waals surface area contributed by atoms with Crippen LogP contribution in [0, 0.1) is 20.8 Å². The van der Waals surface area contributed by atoms with Gasteiger partial charge in [0.1, 0.15) is 0 Å². The number of hydrogen-bond donors (Lipinski definition) is 1. The molecule has 2 unspecified atom stereocenters. The maximum Gasteiger partial charge on any atom is 0.238 e. The summed E-state index contributed by atoms with van der Waals surface area (Å²) in [6.07, 6.45) is 8.03. The number of halogens is 1.